The number of benzene rings is 2. The highest BCUT2D eigenvalue weighted by Gasteiger charge is 2.43. The molecule has 1 aliphatic heterocycles. The van der Waals surface area contributed by atoms with E-state index in [-0.39, 0.29) is 17.2 Å². The molecule has 32 heavy (non-hydrogen) atoms. The van der Waals surface area contributed by atoms with Crippen LogP contribution in [0.1, 0.15) is 49.0 Å². The molecule has 2 N–H and O–H groups in total. The van der Waals surface area contributed by atoms with Gasteiger partial charge in [-0.05, 0) is 74.2 Å². The molecule has 1 heterocycles. The number of aromatic hydroxyl groups is 1. The number of phenolic OH excluding ortho intramolecular Hbond substituents is 1. The first kappa shape index (κ1) is 21.6. The van der Waals surface area contributed by atoms with Crippen LogP contribution in [0.15, 0.2) is 70.4 Å². The molecule has 166 valence electrons. The molecule has 7 nitrogen and oxygen atoms in total. The van der Waals surface area contributed by atoms with Gasteiger partial charge in [0.2, 0.25) is 0 Å². The Morgan fingerprint density at radius 2 is 2.00 bits per heavy atom. The van der Waals surface area contributed by atoms with Crippen molar-refractivity contribution in [2.45, 2.75) is 38.7 Å². The second-order valence-corrected chi connectivity index (χ2v) is 8.39. The first-order chi connectivity index (χ1) is 15.4. The van der Waals surface area contributed by atoms with Crippen molar-refractivity contribution in [1.29, 1.82) is 0 Å². The molecule has 0 fully saturated rings. The number of amides is 1. The van der Waals surface area contributed by atoms with E-state index in [4.69, 9.17) is 9.57 Å². The maximum Gasteiger partial charge on any atom is 0.275 e. The second kappa shape index (κ2) is 8.86. The van der Waals surface area contributed by atoms with Gasteiger partial charge in [-0.3, -0.25) is 4.79 Å². The van der Waals surface area contributed by atoms with Crippen LogP contribution in [-0.2, 0) is 4.84 Å². The summed E-state index contributed by atoms with van der Waals surface area (Å²) in [6, 6.07) is 14.2. The van der Waals surface area contributed by atoms with Crippen LogP contribution in [-0.4, -0.2) is 35.1 Å². The van der Waals surface area contributed by atoms with E-state index in [0.29, 0.717) is 12.8 Å². The van der Waals surface area contributed by atoms with Crippen LogP contribution in [0.5, 0.6) is 11.5 Å². The van der Waals surface area contributed by atoms with E-state index in [0.717, 1.165) is 34.7 Å². The largest absolute Gasteiger partial charge is 0.507 e. The molecule has 1 amide bonds. The maximum atomic E-state index is 12.4. The minimum atomic E-state index is -0.463. The van der Waals surface area contributed by atoms with Gasteiger partial charge < -0.3 is 14.7 Å². The van der Waals surface area contributed by atoms with E-state index in [2.05, 4.69) is 28.7 Å². The summed E-state index contributed by atoms with van der Waals surface area (Å²) in [7, 11) is 1.64. The molecule has 1 unspecified atom stereocenters. The lowest BCUT2D eigenvalue weighted by Crippen LogP contribution is -2.38. The Bertz CT molecular complexity index is 1100. The van der Waals surface area contributed by atoms with Crippen LogP contribution in [0.25, 0.3) is 0 Å². The smallest absolute Gasteiger partial charge is 0.275 e. The monoisotopic (exact) mass is 433 g/mol. The SMILES string of the molecule is COc1ccc(C2=NOC(C)([C@H]3CC=C(C)/C(=N\NC(=O)c4ccccc4O)C3)C2)cc1. The lowest BCUT2D eigenvalue weighted by atomic mass is 9.75. The van der Waals surface area contributed by atoms with Crippen molar-refractivity contribution in [2.24, 2.45) is 16.2 Å². The van der Waals surface area contributed by atoms with Crippen molar-refractivity contribution in [3.63, 3.8) is 0 Å². The maximum absolute atomic E-state index is 12.4. The van der Waals surface area contributed by atoms with Gasteiger partial charge in [-0.1, -0.05) is 23.4 Å². The molecule has 7 heteroatoms. The molecule has 2 aromatic carbocycles. The Kier molecular flexibility index (Phi) is 5.99. The third-order valence-electron chi connectivity index (χ3n) is 6.21. The van der Waals surface area contributed by atoms with Gasteiger partial charge in [0, 0.05) is 12.3 Å². The number of hydrogen-bond donors (Lipinski definition) is 2. The predicted molar refractivity (Wildman–Crippen MR) is 123 cm³/mol. The van der Waals surface area contributed by atoms with Crippen LogP contribution in [0.4, 0.5) is 0 Å². The molecular weight excluding hydrogens is 406 g/mol. The molecule has 4 rings (SSSR count). The second-order valence-electron chi connectivity index (χ2n) is 8.39. The molecule has 0 saturated heterocycles. The number of allylic oxidation sites excluding steroid dienone is 2. The fourth-order valence-electron chi connectivity index (χ4n) is 4.07. The zero-order valence-corrected chi connectivity index (χ0v) is 18.5. The Morgan fingerprint density at radius 3 is 2.72 bits per heavy atom. The van der Waals surface area contributed by atoms with E-state index in [1.165, 1.54) is 6.07 Å². The summed E-state index contributed by atoms with van der Waals surface area (Å²) in [6.45, 7) is 4.06. The summed E-state index contributed by atoms with van der Waals surface area (Å²) >= 11 is 0. The standard InChI is InChI=1S/C25H27N3O4/c1-16-8-11-18(14-21(16)26-27-24(30)20-6-4-5-7-23(20)29)25(2)15-22(28-32-25)17-9-12-19(31-3)13-10-17/h4-10,12-13,18,29H,11,14-15H2,1-3H3,(H,27,30)/b26-21-/t18-,25?/m0/s1. The van der Waals surface area contributed by atoms with Crippen molar-refractivity contribution >= 4 is 17.3 Å². The summed E-state index contributed by atoms with van der Waals surface area (Å²) in [5, 5.41) is 18.6. The Morgan fingerprint density at radius 1 is 1.25 bits per heavy atom. The number of carbonyl (C=O) groups is 1. The number of hydrogen-bond acceptors (Lipinski definition) is 6. The van der Waals surface area contributed by atoms with Gasteiger partial charge in [-0.15, -0.1) is 0 Å². The number of carbonyl (C=O) groups excluding carboxylic acids is 1. The van der Waals surface area contributed by atoms with Crippen LogP contribution in [0, 0.1) is 5.92 Å². The number of rotatable bonds is 5. The lowest BCUT2D eigenvalue weighted by molar-refractivity contribution is -0.0470. The average Bonchev–Trinajstić information content (AvgIpc) is 3.22. The van der Waals surface area contributed by atoms with Gasteiger partial charge in [-0.2, -0.15) is 5.10 Å². The molecule has 2 atom stereocenters. The summed E-state index contributed by atoms with van der Waals surface area (Å²) in [4.78, 5) is 18.4. The topological polar surface area (TPSA) is 92.5 Å². The van der Waals surface area contributed by atoms with Crippen molar-refractivity contribution in [2.75, 3.05) is 7.11 Å². The third kappa shape index (κ3) is 4.37. The van der Waals surface area contributed by atoms with Gasteiger partial charge in [0.1, 0.15) is 17.1 Å². The summed E-state index contributed by atoms with van der Waals surface area (Å²) in [5.41, 5.74) is 6.05. The Labute approximate surface area is 187 Å². The number of ether oxygens (including phenoxy) is 1. The highest BCUT2D eigenvalue weighted by Crippen LogP contribution is 2.40. The molecule has 0 aromatic heterocycles. The average molecular weight is 434 g/mol. The van der Waals surface area contributed by atoms with Crippen molar-refractivity contribution < 1.29 is 19.5 Å². The van der Waals surface area contributed by atoms with Crippen LogP contribution in [0.2, 0.25) is 0 Å². The van der Waals surface area contributed by atoms with Crippen molar-refractivity contribution in [3.05, 3.63) is 71.3 Å². The molecule has 0 radical (unpaired) electrons. The minimum Gasteiger partial charge on any atom is -0.507 e. The zero-order valence-electron chi connectivity index (χ0n) is 18.5. The van der Waals surface area contributed by atoms with Gasteiger partial charge in [0.05, 0.1) is 24.1 Å². The molecule has 0 saturated carbocycles. The first-order valence-electron chi connectivity index (χ1n) is 10.6. The molecule has 1 aliphatic carbocycles. The fourth-order valence-corrected chi connectivity index (χ4v) is 4.07. The summed E-state index contributed by atoms with van der Waals surface area (Å²) in [5.74, 6) is 0.440. The quantitative estimate of drug-likeness (QED) is 0.683. The van der Waals surface area contributed by atoms with Crippen LogP contribution >= 0.6 is 0 Å². The normalized spacial score (nSPS) is 23.8. The number of oxime groups is 1. The van der Waals surface area contributed by atoms with E-state index >= 15 is 0 Å². The molecule has 0 spiro atoms. The lowest BCUT2D eigenvalue weighted by Gasteiger charge is -2.34. The highest BCUT2D eigenvalue weighted by atomic mass is 16.7. The number of nitrogens with zero attached hydrogens (tertiary/aromatic N) is 2. The van der Waals surface area contributed by atoms with E-state index in [1.54, 1.807) is 25.3 Å². The van der Waals surface area contributed by atoms with Gasteiger partial charge in [0.25, 0.3) is 5.91 Å². The van der Waals surface area contributed by atoms with Crippen molar-refractivity contribution in [1.82, 2.24) is 5.43 Å². The van der Waals surface area contributed by atoms with Gasteiger partial charge >= 0.3 is 0 Å². The summed E-state index contributed by atoms with van der Waals surface area (Å²) < 4.78 is 5.23. The van der Waals surface area contributed by atoms with E-state index < -0.39 is 11.5 Å². The Hall–Kier alpha value is -3.61. The number of para-hydroxylation sites is 1. The van der Waals surface area contributed by atoms with Gasteiger partial charge in [-0.25, -0.2) is 5.43 Å². The molecule has 2 aliphatic rings. The Balaban J connectivity index is 1.44. The number of phenols is 1. The minimum absolute atomic E-state index is 0.0749. The fraction of sp³-hybridized carbons (Fsp3) is 0.320. The highest BCUT2D eigenvalue weighted by molar-refractivity contribution is 6.04. The van der Waals surface area contributed by atoms with Crippen LogP contribution in [0.3, 0.4) is 0 Å². The third-order valence-corrected chi connectivity index (χ3v) is 6.21. The molecule has 2 aromatic rings. The van der Waals surface area contributed by atoms with Crippen molar-refractivity contribution in [3.8, 4) is 11.5 Å². The van der Waals surface area contributed by atoms with E-state index in [9.17, 15) is 9.90 Å². The molecular formula is C25H27N3O4. The first-order valence-corrected chi connectivity index (χ1v) is 10.6. The number of hydrazone groups is 1. The van der Waals surface area contributed by atoms with E-state index in [1.807, 2.05) is 31.2 Å². The van der Waals surface area contributed by atoms with Crippen LogP contribution < -0.4 is 10.2 Å². The molecule has 0 bridgehead atoms. The number of methoxy groups -OCH3 is 1. The van der Waals surface area contributed by atoms with Gasteiger partial charge in [0.15, 0.2) is 0 Å². The summed E-state index contributed by atoms with van der Waals surface area (Å²) in [6.07, 6.45) is 4.32. The predicted octanol–water partition coefficient (Wildman–Crippen LogP) is 4.43. The number of nitrogens with one attached hydrogen (secondary N) is 1. The zero-order chi connectivity index (χ0) is 22.7.